The minimum Gasteiger partial charge on any atom is -0.409 e. The number of urea groups is 1. The van der Waals surface area contributed by atoms with Gasteiger partial charge in [0.05, 0.1) is 11.3 Å². The van der Waals surface area contributed by atoms with E-state index >= 15 is 0 Å². The summed E-state index contributed by atoms with van der Waals surface area (Å²) in [5.74, 6) is -1.13. The fourth-order valence-corrected chi connectivity index (χ4v) is 1.74. The second-order valence-electron chi connectivity index (χ2n) is 4.09. The van der Waals surface area contributed by atoms with E-state index in [0.29, 0.717) is 5.69 Å². The predicted molar refractivity (Wildman–Crippen MR) is 78.0 cm³/mol. The van der Waals surface area contributed by atoms with Gasteiger partial charge in [0.1, 0.15) is 5.82 Å². The highest BCUT2D eigenvalue weighted by Crippen LogP contribution is 2.19. The van der Waals surface area contributed by atoms with Gasteiger partial charge in [-0.15, -0.1) is 0 Å². The van der Waals surface area contributed by atoms with Crippen molar-refractivity contribution in [2.75, 3.05) is 10.6 Å². The fraction of sp³-hybridized carbons (Fsp3) is 0. The molecule has 0 radical (unpaired) electrons. The molecule has 0 unspecified atom stereocenters. The number of hydrogen-bond donors (Lipinski definition) is 4. The normalized spacial score (nSPS) is 11.0. The number of hydrogen-bond acceptors (Lipinski definition) is 3. The molecule has 0 aliphatic heterocycles. The third-order valence-corrected chi connectivity index (χ3v) is 2.66. The second kappa shape index (κ2) is 6.38. The van der Waals surface area contributed by atoms with Crippen LogP contribution in [0.15, 0.2) is 53.7 Å². The lowest BCUT2D eigenvalue weighted by atomic mass is 10.1. The first-order valence-corrected chi connectivity index (χ1v) is 6.01. The number of para-hydroxylation sites is 1. The Kier molecular flexibility index (Phi) is 4.35. The topological polar surface area (TPSA) is 99.7 Å². The summed E-state index contributed by atoms with van der Waals surface area (Å²) in [6.07, 6.45) is 0. The molecule has 0 aliphatic carbocycles. The van der Waals surface area contributed by atoms with Crippen molar-refractivity contribution in [3.8, 4) is 0 Å². The smallest absolute Gasteiger partial charge is 0.323 e. The van der Waals surface area contributed by atoms with Gasteiger partial charge in [-0.3, -0.25) is 0 Å². The minimum absolute atomic E-state index is 0.0960. The van der Waals surface area contributed by atoms with Crippen LogP contribution in [0.3, 0.4) is 0 Å². The molecule has 108 valence electrons. The van der Waals surface area contributed by atoms with Gasteiger partial charge in [0.25, 0.3) is 0 Å². The Labute approximate surface area is 120 Å². The number of carbonyl (C=O) groups is 1. The predicted octanol–water partition coefficient (Wildman–Crippen LogP) is 2.56. The van der Waals surface area contributed by atoms with Crippen molar-refractivity contribution in [1.29, 1.82) is 0 Å². The number of anilines is 2. The lowest BCUT2D eigenvalue weighted by Gasteiger charge is -2.11. The van der Waals surface area contributed by atoms with E-state index in [2.05, 4.69) is 15.8 Å². The van der Waals surface area contributed by atoms with Crippen LogP contribution in [0.25, 0.3) is 0 Å². The number of halogens is 1. The maximum atomic E-state index is 13.7. The molecule has 0 aromatic heterocycles. The fourth-order valence-electron chi connectivity index (χ4n) is 1.74. The zero-order valence-electron chi connectivity index (χ0n) is 10.9. The van der Waals surface area contributed by atoms with E-state index < -0.39 is 17.7 Å². The lowest BCUT2D eigenvalue weighted by Crippen LogP contribution is -2.23. The molecular weight excluding hydrogens is 275 g/mol. The summed E-state index contributed by atoms with van der Waals surface area (Å²) in [7, 11) is 0. The van der Waals surface area contributed by atoms with Crippen LogP contribution >= 0.6 is 0 Å². The number of carbonyl (C=O) groups excluding carboxylic acids is 1. The Bertz CT molecular complexity index is 674. The van der Waals surface area contributed by atoms with Crippen molar-refractivity contribution in [2.45, 2.75) is 0 Å². The first kappa shape index (κ1) is 14.3. The first-order valence-electron chi connectivity index (χ1n) is 6.01. The van der Waals surface area contributed by atoms with Crippen LogP contribution in [-0.2, 0) is 0 Å². The molecule has 0 spiro atoms. The Morgan fingerprint density at radius 1 is 1.10 bits per heavy atom. The summed E-state index contributed by atoms with van der Waals surface area (Å²) >= 11 is 0. The number of benzene rings is 2. The standard InChI is InChI=1S/C14H13FN4O2/c15-10-7-4-8-11(12(10)13(16)19-21)18-14(20)17-9-5-2-1-3-6-9/h1-8,21H,(H2,16,19)(H2,17,18,20). The van der Waals surface area contributed by atoms with Gasteiger partial charge >= 0.3 is 6.03 Å². The summed E-state index contributed by atoms with van der Waals surface area (Å²) < 4.78 is 13.7. The summed E-state index contributed by atoms with van der Waals surface area (Å²) in [6, 6.07) is 12.2. The van der Waals surface area contributed by atoms with Crippen molar-refractivity contribution >= 4 is 23.2 Å². The van der Waals surface area contributed by atoms with Crippen molar-refractivity contribution in [3.05, 3.63) is 59.9 Å². The Morgan fingerprint density at radius 2 is 1.81 bits per heavy atom. The maximum absolute atomic E-state index is 13.7. The van der Waals surface area contributed by atoms with E-state index in [1.165, 1.54) is 12.1 Å². The molecule has 2 rings (SSSR count). The number of nitrogens with one attached hydrogen (secondary N) is 2. The highest BCUT2D eigenvalue weighted by molar-refractivity contribution is 6.07. The molecule has 0 heterocycles. The van der Waals surface area contributed by atoms with E-state index in [-0.39, 0.29) is 11.3 Å². The van der Waals surface area contributed by atoms with Gasteiger partial charge in [0.2, 0.25) is 0 Å². The van der Waals surface area contributed by atoms with Gasteiger partial charge in [-0.05, 0) is 24.3 Å². The summed E-state index contributed by atoms with van der Waals surface area (Å²) in [5.41, 5.74) is 5.91. The molecule has 0 aliphatic rings. The highest BCUT2D eigenvalue weighted by atomic mass is 19.1. The third-order valence-electron chi connectivity index (χ3n) is 2.66. The van der Waals surface area contributed by atoms with Gasteiger partial charge in [-0.2, -0.15) is 0 Å². The van der Waals surface area contributed by atoms with E-state index in [4.69, 9.17) is 10.9 Å². The number of nitrogens with two attached hydrogens (primary N) is 1. The summed E-state index contributed by atoms with van der Waals surface area (Å²) in [6.45, 7) is 0. The molecule has 21 heavy (non-hydrogen) atoms. The Hall–Kier alpha value is -3.09. The molecule has 0 atom stereocenters. The highest BCUT2D eigenvalue weighted by Gasteiger charge is 2.14. The Balaban J connectivity index is 2.20. The molecule has 0 bridgehead atoms. The molecule has 0 saturated heterocycles. The Morgan fingerprint density at radius 3 is 2.48 bits per heavy atom. The molecule has 2 aromatic carbocycles. The number of oxime groups is 1. The zero-order valence-corrected chi connectivity index (χ0v) is 10.9. The number of nitrogens with zero attached hydrogens (tertiary/aromatic N) is 1. The van der Waals surface area contributed by atoms with Crippen molar-refractivity contribution in [2.24, 2.45) is 10.9 Å². The lowest BCUT2D eigenvalue weighted by molar-refractivity contribution is 0.262. The van der Waals surface area contributed by atoms with Crippen LogP contribution < -0.4 is 16.4 Å². The van der Waals surface area contributed by atoms with Gasteiger partial charge in [-0.1, -0.05) is 29.4 Å². The number of rotatable bonds is 3. The molecule has 6 nitrogen and oxygen atoms in total. The average molecular weight is 288 g/mol. The molecule has 2 aromatic rings. The SMILES string of the molecule is N/C(=N/O)c1c(F)cccc1NC(=O)Nc1ccccc1. The molecule has 0 fully saturated rings. The van der Waals surface area contributed by atoms with Gasteiger partial charge in [0.15, 0.2) is 5.84 Å². The van der Waals surface area contributed by atoms with Crippen LogP contribution in [0.5, 0.6) is 0 Å². The second-order valence-corrected chi connectivity index (χ2v) is 4.09. The van der Waals surface area contributed by atoms with Gasteiger partial charge in [0, 0.05) is 5.69 Å². The minimum atomic E-state index is -0.706. The van der Waals surface area contributed by atoms with E-state index in [1.54, 1.807) is 24.3 Å². The number of amidine groups is 1. The van der Waals surface area contributed by atoms with E-state index in [9.17, 15) is 9.18 Å². The average Bonchev–Trinajstić information content (AvgIpc) is 2.47. The quantitative estimate of drug-likeness (QED) is 0.302. The van der Waals surface area contributed by atoms with Crippen LogP contribution in [0.2, 0.25) is 0 Å². The summed E-state index contributed by atoms with van der Waals surface area (Å²) in [4.78, 5) is 11.9. The molecule has 0 saturated carbocycles. The van der Waals surface area contributed by atoms with E-state index in [1.807, 2.05) is 6.07 Å². The first-order chi connectivity index (χ1) is 10.1. The van der Waals surface area contributed by atoms with Crippen LogP contribution in [-0.4, -0.2) is 17.1 Å². The van der Waals surface area contributed by atoms with Crippen molar-refractivity contribution in [1.82, 2.24) is 0 Å². The number of amides is 2. The van der Waals surface area contributed by atoms with Crippen LogP contribution in [0.1, 0.15) is 5.56 Å². The maximum Gasteiger partial charge on any atom is 0.323 e. The molecule has 2 amide bonds. The van der Waals surface area contributed by atoms with Gasteiger partial charge < -0.3 is 21.6 Å². The molecule has 7 heteroatoms. The largest absolute Gasteiger partial charge is 0.409 e. The zero-order chi connectivity index (χ0) is 15.2. The molecule has 5 N–H and O–H groups in total. The monoisotopic (exact) mass is 288 g/mol. The van der Waals surface area contributed by atoms with Crippen molar-refractivity contribution in [3.63, 3.8) is 0 Å². The van der Waals surface area contributed by atoms with Crippen LogP contribution in [0, 0.1) is 5.82 Å². The molecular formula is C14H13FN4O2. The van der Waals surface area contributed by atoms with E-state index in [0.717, 1.165) is 6.07 Å². The van der Waals surface area contributed by atoms with Crippen molar-refractivity contribution < 1.29 is 14.4 Å². The van der Waals surface area contributed by atoms with Gasteiger partial charge in [-0.25, -0.2) is 9.18 Å². The summed E-state index contributed by atoms with van der Waals surface area (Å²) in [5, 5.41) is 16.5. The van der Waals surface area contributed by atoms with Crippen LogP contribution in [0.4, 0.5) is 20.6 Å². The third kappa shape index (κ3) is 3.47.